The van der Waals surface area contributed by atoms with Gasteiger partial charge in [0.15, 0.2) is 0 Å². The number of hydrogen-bond acceptors (Lipinski definition) is 5. The number of amides is 1. The number of nitrogens with one attached hydrogen (secondary N) is 2. The van der Waals surface area contributed by atoms with Gasteiger partial charge in [0.25, 0.3) is 0 Å². The Hall–Kier alpha value is -1.82. The fraction of sp³-hybridized carbons (Fsp3) is 0.625. The lowest BCUT2D eigenvalue weighted by molar-refractivity contribution is 0.0502. The number of methoxy groups -OCH3 is 1. The number of alkyl carbamates (subject to hydrolysis) is 1. The van der Waals surface area contributed by atoms with E-state index in [-0.39, 0.29) is 12.1 Å². The average molecular weight is 309 g/mol. The van der Waals surface area contributed by atoms with Crippen molar-refractivity contribution in [2.75, 3.05) is 13.7 Å². The number of carbonyl (C=O) groups excluding carboxylic acids is 1. The predicted molar refractivity (Wildman–Crippen MR) is 85.9 cm³/mol. The highest BCUT2D eigenvalue weighted by atomic mass is 16.6. The Bertz CT molecular complexity index is 472. The predicted octanol–water partition coefficient (Wildman–Crippen LogP) is 2.48. The van der Waals surface area contributed by atoms with Gasteiger partial charge in [-0.1, -0.05) is 13.0 Å². The van der Waals surface area contributed by atoms with Crippen molar-refractivity contribution in [1.29, 1.82) is 0 Å². The third-order valence-corrected chi connectivity index (χ3v) is 2.90. The van der Waals surface area contributed by atoms with Gasteiger partial charge in [-0.3, -0.25) is 0 Å². The molecule has 1 heterocycles. The molecule has 2 N–H and O–H groups in total. The second kappa shape index (κ2) is 8.58. The van der Waals surface area contributed by atoms with E-state index < -0.39 is 5.60 Å². The molecule has 1 amide bonds. The van der Waals surface area contributed by atoms with E-state index in [1.165, 1.54) is 0 Å². The summed E-state index contributed by atoms with van der Waals surface area (Å²) in [5, 5.41) is 6.15. The summed E-state index contributed by atoms with van der Waals surface area (Å²) in [4.78, 5) is 16.1. The van der Waals surface area contributed by atoms with Gasteiger partial charge in [0.2, 0.25) is 5.88 Å². The van der Waals surface area contributed by atoms with Gasteiger partial charge in [-0.05, 0) is 33.3 Å². The molecule has 0 aromatic carbocycles. The van der Waals surface area contributed by atoms with Crippen molar-refractivity contribution < 1.29 is 14.3 Å². The number of carbonyl (C=O) groups is 1. The van der Waals surface area contributed by atoms with Crippen LogP contribution in [0.4, 0.5) is 4.79 Å². The normalized spacial score (nSPS) is 12.6. The maximum absolute atomic E-state index is 11.8. The average Bonchev–Trinajstić information content (AvgIpc) is 2.44. The van der Waals surface area contributed by atoms with Crippen LogP contribution in [0.15, 0.2) is 18.2 Å². The molecule has 1 atom stereocenters. The highest BCUT2D eigenvalue weighted by Gasteiger charge is 2.18. The lowest BCUT2D eigenvalue weighted by Crippen LogP contribution is -2.43. The maximum atomic E-state index is 11.8. The molecule has 0 aliphatic carbocycles. The van der Waals surface area contributed by atoms with E-state index in [1.54, 1.807) is 7.11 Å². The van der Waals surface area contributed by atoms with Crippen LogP contribution >= 0.6 is 0 Å². The Morgan fingerprint density at radius 2 is 2.09 bits per heavy atom. The summed E-state index contributed by atoms with van der Waals surface area (Å²) in [5.41, 5.74) is 0.409. The van der Waals surface area contributed by atoms with Crippen LogP contribution in [0, 0.1) is 0 Å². The standard InChI is InChI=1S/C16H27N3O3/c1-6-12(19-15(20)22-16(2,3)4)10-17-11-13-8-7-9-14(18-13)21-5/h7-9,12,17H,6,10-11H2,1-5H3,(H,19,20). The topological polar surface area (TPSA) is 72.5 Å². The third kappa shape index (κ3) is 7.26. The van der Waals surface area contributed by atoms with Crippen LogP contribution in [-0.4, -0.2) is 36.4 Å². The molecule has 22 heavy (non-hydrogen) atoms. The molecular weight excluding hydrogens is 282 g/mol. The molecule has 0 saturated heterocycles. The molecule has 0 fully saturated rings. The first-order valence-electron chi connectivity index (χ1n) is 7.54. The Labute approximate surface area is 132 Å². The molecule has 1 aromatic heterocycles. The fourth-order valence-corrected chi connectivity index (χ4v) is 1.82. The summed E-state index contributed by atoms with van der Waals surface area (Å²) < 4.78 is 10.3. The van der Waals surface area contributed by atoms with Crippen molar-refractivity contribution >= 4 is 6.09 Å². The number of aromatic nitrogens is 1. The summed E-state index contributed by atoms with van der Waals surface area (Å²) in [5.74, 6) is 0.596. The monoisotopic (exact) mass is 309 g/mol. The summed E-state index contributed by atoms with van der Waals surface area (Å²) in [6, 6.07) is 5.65. The molecule has 1 aromatic rings. The van der Waals surface area contributed by atoms with E-state index in [9.17, 15) is 4.79 Å². The van der Waals surface area contributed by atoms with Crippen molar-refractivity contribution in [2.45, 2.75) is 52.3 Å². The van der Waals surface area contributed by atoms with Crippen LogP contribution in [0.1, 0.15) is 39.8 Å². The van der Waals surface area contributed by atoms with Crippen LogP contribution in [0.5, 0.6) is 5.88 Å². The van der Waals surface area contributed by atoms with E-state index in [1.807, 2.05) is 45.9 Å². The first kappa shape index (κ1) is 18.2. The Morgan fingerprint density at radius 1 is 1.36 bits per heavy atom. The van der Waals surface area contributed by atoms with E-state index in [0.29, 0.717) is 19.0 Å². The second-order valence-electron chi connectivity index (χ2n) is 6.05. The first-order chi connectivity index (χ1) is 10.3. The largest absolute Gasteiger partial charge is 0.481 e. The van der Waals surface area contributed by atoms with Crippen LogP contribution in [0.2, 0.25) is 0 Å². The van der Waals surface area contributed by atoms with Crippen LogP contribution in [0.25, 0.3) is 0 Å². The number of rotatable bonds is 7. The Morgan fingerprint density at radius 3 is 2.68 bits per heavy atom. The highest BCUT2D eigenvalue weighted by molar-refractivity contribution is 5.68. The molecule has 6 heteroatoms. The van der Waals surface area contributed by atoms with Gasteiger partial charge in [0, 0.05) is 25.2 Å². The molecule has 6 nitrogen and oxygen atoms in total. The minimum atomic E-state index is -0.486. The molecule has 1 rings (SSSR count). The van der Waals surface area contributed by atoms with Gasteiger partial charge in [-0.2, -0.15) is 0 Å². The quantitative estimate of drug-likeness (QED) is 0.809. The van der Waals surface area contributed by atoms with Gasteiger partial charge < -0.3 is 20.1 Å². The molecule has 124 valence electrons. The molecule has 0 aliphatic heterocycles. The molecule has 0 radical (unpaired) electrons. The van der Waals surface area contributed by atoms with Gasteiger partial charge in [0.05, 0.1) is 12.8 Å². The molecule has 0 spiro atoms. The molecule has 0 saturated carbocycles. The zero-order chi connectivity index (χ0) is 16.6. The zero-order valence-electron chi connectivity index (χ0n) is 14.1. The minimum Gasteiger partial charge on any atom is -0.481 e. The summed E-state index contributed by atoms with van der Waals surface area (Å²) in [6.45, 7) is 8.83. The number of pyridine rings is 1. The zero-order valence-corrected chi connectivity index (χ0v) is 14.1. The molecule has 0 aliphatic rings. The van der Waals surface area contributed by atoms with Gasteiger partial charge in [-0.25, -0.2) is 9.78 Å². The van der Waals surface area contributed by atoms with E-state index in [0.717, 1.165) is 12.1 Å². The smallest absolute Gasteiger partial charge is 0.407 e. The Kier molecular flexibility index (Phi) is 7.11. The highest BCUT2D eigenvalue weighted by Crippen LogP contribution is 2.08. The van der Waals surface area contributed by atoms with Crippen molar-refractivity contribution in [1.82, 2.24) is 15.6 Å². The molecule has 1 unspecified atom stereocenters. The fourth-order valence-electron chi connectivity index (χ4n) is 1.82. The van der Waals surface area contributed by atoms with Crippen molar-refractivity contribution in [3.8, 4) is 5.88 Å². The van der Waals surface area contributed by atoms with E-state index in [4.69, 9.17) is 9.47 Å². The SMILES string of the molecule is CCC(CNCc1cccc(OC)n1)NC(=O)OC(C)(C)C. The maximum Gasteiger partial charge on any atom is 0.407 e. The third-order valence-electron chi connectivity index (χ3n) is 2.90. The number of nitrogens with zero attached hydrogens (tertiary/aromatic N) is 1. The van der Waals surface area contributed by atoms with Gasteiger partial charge in [0.1, 0.15) is 5.60 Å². The molecular formula is C16H27N3O3. The summed E-state index contributed by atoms with van der Waals surface area (Å²) in [6.07, 6.45) is 0.429. The van der Waals surface area contributed by atoms with E-state index in [2.05, 4.69) is 15.6 Å². The lowest BCUT2D eigenvalue weighted by atomic mass is 10.2. The minimum absolute atomic E-state index is 0.0143. The van der Waals surface area contributed by atoms with Gasteiger partial charge >= 0.3 is 6.09 Å². The van der Waals surface area contributed by atoms with Gasteiger partial charge in [-0.15, -0.1) is 0 Å². The lowest BCUT2D eigenvalue weighted by Gasteiger charge is -2.23. The van der Waals surface area contributed by atoms with Crippen LogP contribution in [0.3, 0.4) is 0 Å². The number of hydrogen-bond donors (Lipinski definition) is 2. The first-order valence-corrected chi connectivity index (χ1v) is 7.54. The van der Waals surface area contributed by atoms with Crippen molar-refractivity contribution in [2.24, 2.45) is 0 Å². The van der Waals surface area contributed by atoms with Crippen molar-refractivity contribution in [3.63, 3.8) is 0 Å². The second-order valence-corrected chi connectivity index (χ2v) is 6.05. The van der Waals surface area contributed by atoms with Crippen LogP contribution in [-0.2, 0) is 11.3 Å². The summed E-state index contributed by atoms with van der Waals surface area (Å²) >= 11 is 0. The Balaban J connectivity index is 2.38. The van der Waals surface area contributed by atoms with E-state index >= 15 is 0 Å². The van der Waals surface area contributed by atoms with Crippen LogP contribution < -0.4 is 15.4 Å². The van der Waals surface area contributed by atoms with Crippen molar-refractivity contribution in [3.05, 3.63) is 23.9 Å². The molecule has 0 bridgehead atoms. The number of ether oxygens (including phenoxy) is 2. The summed E-state index contributed by atoms with van der Waals surface area (Å²) in [7, 11) is 1.59.